The molecule has 1 aromatic carbocycles. The van der Waals surface area contributed by atoms with Crippen LogP contribution in [0.5, 0.6) is 0 Å². The van der Waals surface area contributed by atoms with Crippen LogP contribution in [0.4, 0.5) is 11.5 Å². The maximum Gasteiger partial charge on any atom is 0.157 e. The van der Waals surface area contributed by atoms with E-state index in [1.807, 2.05) is 34.9 Å². The molecule has 0 saturated heterocycles. The Hall–Kier alpha value is -3.61. The number of nitrogens with one attached hydrogen (secondary N) is 1. The van der Waals surface area contributed by atoms with E-state index in [0.717, 1.165) is 52.5 Å². The van der Waals surface area contributed by atoms with E-state index in [0.29, 0.717) is 5.76 Å². The number of aryl methyl sites for hydroxylation is 1. The number of aromatic nitrogens is 3. The van der Waals surface area contributed by atoms with Gasteiger partial charge in [-0.3, -0.25) is 9.38 Å². The first-order valence-corrected chi connectivity index (χ1v) is 8.30. The summed E-state index contributed by atoms with van der Waals surface area (Å²) in [7, 11) is 0. The Labute approximate surface area is 148 Å². The lowest BCUT2D eigenvalue weighted by atomic mass is 10.1. The molecule has 0 fully saturated rings. The molecule has 7 nitrogen and oxygen atoms in total. The first-order valence-electron chi connectivity index (χ1n) is 8.30. The summed E-state index contributed by atoms with van der Waals surface area (Å²) in [6.07, 6.45) is 8.55. The SMILES string of the molecule is O/N=C1\CCc2cc(Nc3c(-c4ccco4)nc4cnccn34)ccc21. The topological polar surface area (TPSA) is 88.0 Å². The summed E-state index contributed by atoms with van der Waals surface area (Å²) in [4.78, 5) is 8.78. The minimum absolute atomic E-state index is 0.687. The predicted octanol–water partition coefficient (Wildman–Crippen LogP) is 3.86. The van der Waals surface area contributed by atoms with Gasteiger partial charge in [0.25, 0.3) is 0 Å². The monoisotopic (exact) mass is 345 g/mol. The molecule has 0 aliphatic heterocycles. The first-order chi connectivity index (χ1) is 12.8. The number of hydrogen-bond donors (Lipinski definition) is 2. The summed E-state index contributed by atoms with van der Waals surface area (Å²) in [5.74, 6) is 1.50. The van der Waals surface area contributed by atoms with Crippen LogP contribution < -0.4 is 5.32 Å². The molecule has 0 unspecified atom stereocenters. The van der Waals surface area contributed by atoms with Crippen molar-refractivity contribution in [2.45, 2.75) is 12.8 Å². The molecule has 7 heteroatoms. The number of benzene rings is 1. The second-order valence-corrected chi connectivity index (χ2v) is 6.13. The van der Waals surface area contributed by atoms with Crippen LogP contribution in [-0.4, -0.2) is 25.3 Å². The predicted molar refractivity (Wildman–Crippen MR) is 97.1 cm³/mol. The van der Waals surface area contributed by atoms with Crippen molar-refractivity contribution in [3.8, 4) is 11.5 Å². The molecule has 5 rings (SSSR count). The third-order valence-electron chi connectivity index (χ3n) is 4.62. The maximum atomic E-state index is 9.09. The van der Waals surface area contributed by atoms with Crippen LogP contribution in [0.1, 0.15) is 17.5 Å². The van der Waals surface area contributed by atoms with Crippen molar-refractivity contribution in [1.29, 1.82) is 0 Å². The van der Waals surface area contributed by atoms with E-state index in [4.69, 9.17) is 9.62 Å². The summed E-state index contributed by atoms with van der Waals surface area (Å²) in [6.45, 7) is 0. The number of fused-ring (bicyclic) bond motifs is 2. The maximum absolute atomic E-state index is 9.09. The Bertz CT molecular complexity index is 1130. The molecule has 3 aromatic heterocycles. The molecule has 1 aliphatic rings. The highest BCUT2D eigenvalue weighted by molar-refractivity contribution is 6.04. The van der Waals surface area contributed by atoms with Crippen LogP contribution in [-0.2, 0) is 6.42 Å². The summed E-state index contributed by atoms with van der Waals surface area (Å²) in [5, 5.41) is 15.9. The zero-order valence-corrected chi connectivity index (χ0v) is 13.8. The lowest BCUT2D eigenvalue weighted by molar-refractivity contribution is 0.318. The number of hydrogen-bond acceptors (Lipinski definition) is 6. The fourth-order valence-corrected chi connectivity index (χ4v) is 3.40. The molecular formula is C19H15N5O2. The minimum Gasteiger partial charge on any atom is -0.463 e. The van der Waals surface area contributed by atoms with Gasteiger partial charge >= 0.3 is 0 Å². The van der Waals surface area contributed by atoms with Gasteiger partial charge in [-0.1, -0.05) is 11.2 Å². The van der Waals surface area contributed by atoms with Gasteiger partial charge in [-0.15, -0.1) is 0 Å². The van der Waals surface area contributed by atoms with Gasteiger partial charge in [0.05, 0.1) is 18.2 Å². The van der Waals surface area contributed by atoms with Crippen LogP contribution in [0.2, 0.25) is 0 Å². The molecule has 2 N–H and O–H groups in total. The zero-order valence-electron chi connectivity index (χ0n) is 13.8. The number of rotatable bonds is 3. The molecule has 0 radical (unpaired) electrons. The molecule has 1 aliphatic carbocycles. The first kappa shape index (κ1) is 14.7. The Morgan fingerprint density at radius 3 is 3.04 bits per heavy atom. The van der Waals surface area contributed by atoms with Gasteiger partial charge in [-0.05, 0) is 42.7 Å². The second-order valence-electron chi connectivity index (χ2n) is 6.13. The molecule has 26 heavy (non-hydrogen) atoms. The Morgan fingerprint density at radius 2 is 2.19 bits per heavy atom. The second kappa shape index (κ2) is 5.73. The van der Waals surface area contributed by atoms with Crippen LogP contribution in [0, 0.1) is 0 Å². The van der Waals surface area contributed by atoms with E-state index in [9.17, 15) is 0 Å². The van der Waals surface area contributed by atoms with Crippen molar-refractivity contribution < 1.29 is 9.62 Å². The smallest absolute Gasteiger partial charge is 0.157 e. The van der Waals surface area contributed by atoms with Crippen LogP contribution in [0.3, 0.4) is 0 Å². The zero-order chi connectivity index (χ0) is 17.5. The quantitative estimate of drug-likeness (QED) is 0.435. The van der Waals surface area contributed by atoms with E-state index >= 15 is 0 Å². The standard InChI is InChI=1S/C19H15N5O2/c25-23-15-6-3-12-10-13(4-5-14(12)15)21-19-18(16-2-1-9-26-16)22-17-11-20-7-8-24(17)19/h1-2,4-5,7-11,21,25H,3,6H2/b23-15+. The van der Waals surface area contributed by atoms with Gasteiger partial charge in [-0.25, -0.2) is 4.98 Å². The van der Waals surface area contributed by atoms with Crippen molar-refractivity contribution in [2.24, 2.45) is 5.16 Å². The molecule has 0 saturated carbocycles. The molecule has 0 spiro atoms. The Balaban J connectivity index is 1.61. The average Bonchev–Trinajstić information content (AvgIpc) is 3.40. The number of oxime groups is 1. The highest BCUT2D eigenvalue weighted by Gasteiger charge is 2.20. The van der Waals surface area contributed by atoms with E-state index in [2.05, 4.69) is 26.5 Å². The lowest BCUT2D eigenvalue weighted by Crippen LogP contribution is -1.99. The Kier molecular flexibility index (Phi) is 3.24. The minimum atomic E-state index is 0.687. The van der Waals surface area contributed by atoms with Crippen LogP contribution in [0.25, 0.3) is 17.1 Å². The molecule has 0 amide bonds. The largest absolute Gasteiger partial charge is 0.463 e. The summed E-state index contributed by atoms with van der Waals surface area (Å²) in [5.41, 5.74) is 5.31. The Morgan fingerprint density at radius 1 is 1.23 bits per heavy atom. The lowest BCUT2D eigenvalue weighted by Gasteiger charge is -2.09. The summed E-state index contributed by atoms with van der Waals surface area (Å²) >= 11 is 0. The van der Waals surface area contributed by atoms with Crippen LogP contribution in [0.15, 0.2) is 64.8 Å². The van der Waals surface area contributed by atoms with Gasteiger partial charge in [0, 0.05) is 23.6 Å². The number of anilines is 2. The van der Waals surface area contributed by atoms with Crippen molar-refractivity contribution >= 4 is 22.9 Å². The van der Waals surface area contributed by atoms with E-state index in [-0.39, 0.29) is 0 Å². The summed E-state index contributed by atoms with van der Waals surface area (Å²) in [6, 6.07) is 9.76. The highest BCUT2D eigenvalue weighted by atomic mass is 16.4. The number of imidazole rings is 1. The molecule has 3 heterocycles. The van der Waals surface area contributed by atoms with Crippen molar-refractivity contribution in [3.63, 3.8) is 0 Å². The van der Waals surface area contributed by atoms with Crippen molar-refractivity contribution in [3.05, 3.63) is 66.3 Å². The van der Waals surface area contributed by atoms with Crippen LogP contribution >= 0.6 is 0 Å². The summed E-state index contributed by atoms with van der Waals surface area (Å²) < 4.78 is 7.49. The van der Waals surface area contributed by atoms with Crippen molar-refractivity contribution in [2.75, 3.05) is 5.32 Å². The number of furan rings is 1. The van der Waals surface area contributed by atoms with E-state index in [1.165, 1.54) is 0 Å². The molecule has 4 aromatic rings. The van der Waals surface area contributed by atoms with Gasteiger partial charge in [-0.2, -0.15) is 0 Å². The third kappa shape index (κ3) is 2.25. The fourth-order valence-electron chi connectivity index (χ4n) is 3.40. The molecular weight excluding hydrogens is 330 g/mol. The van der Waals surface area contributed by atoms with Crippen molar-refractivity contribution in [1.82, 2.24) is 14.4 Å². The van der Waals surface area contributed by atoms with E-state index in [1.54, 1.807) is 18.7 Å². The molecule has 0 bridgehead atoms. The van der Waals surface area contributed by atoms with E-state index < -0.39 is 0 Å². The molecule has 0 atom stereocenters. The highest BCUT2D eigenvalue weighted by Crippen LogP contribution is 2.33. The third-order valence-corrected chi connectivity index (χ3v) is 4.62. The van der Waals surface area contributed by atoms with Gasteiger partial charge in [0.2, 0.25) is 0 Å². The van der Waals surface area contributed by atoms with Gasteiger partial charge in [0.15, 0.2) is 11.4 Å². The molecule has 128 valence electrons. The van der Waals surface area contributed by atoms with Gasteiger partial charge in [0.1, 0.15) is 11.5 Å². The number of nitrogens with zero attached hydrogens (tertiary/aromatic N) is 4. The fraction of sp³-hybridized carbons (Fsp3) is 0.105. The van der Waals surface area contributed by atoms with Gasteiger partial charge < -0.3 is 14.9 Å². The normalized spacial score (nSPS) is 14.8. The average molecular weight is 345 g/mol.